The second kappa shape index (κ2) is 9.52. The van der Waals surface area contributed by atoms with Crippen molar-refractivity contribution in [3.05, 3.63) is 63.7 Å². The van der Waals surface area contributed by atoms with Crippen LogP contribution in [0.25, 0.3) is 0 Å². The van der Waals surface area contributed by atoms with Gasteiger partial charge in [-0.15, -0.1) is 0 Å². The highest BCUT2D eigenvalue weighted by molar-refractivity contribution is 7.99. The van der Waals surface area contributed by atoms with E-state index in [9.17, 15) is 41.7 Å². The molecule has 0 aliphatic heterocycles. The molecule has 0 bridgehead atoms. The van der Waals surface area contributed by atoms with Crippen LogP contribution >= 0.6 is 11.8 Å². The van der Waals surface area contributed by atoms with Crippen LogP contribution < -0.4 is 5.32 Å². The molecule has 30 heavy (non-hydrogen) atoms. The molecule has 1 N–H and O–H groups in total. The number of esters is 1. The summed E-state index contributed by atoms with van der Waals surface area (Å²) < 4.78 is 67.3. The molecular formula is C17H11F5N2O5S. The van der Waals surface area contributed by atoms with Crippen LogP contribution in [0.2, 0.25) is 0 Å². The quantitative estimate of drug-likeness (QED) is 0.215. The summed E-state index contributed by atoms with van der Waals surface area (Å²) in [6.07, 6.45) is -4.81. The maximum absolute atomic E-state index is 12.7. The summed E-state index contributed by atoms with van der Waals surface area (Å²) in [6.45, 7) is -0.884. The van der Waals surface area contributed by atoms with Crippen molar-refractivity contribution in [2.75, 3.05) is 11.9 Å². The van der Waals surface area contributed by atoms with Gasteiger partial charge in [0.1, 0.15) is 5.69 Å². The zero-order chi connectivity index (χ0) is 22.5. The fraction of sp³-hybridized carbons (Fsp3) is 0.176. The largest absolute Gasteiger partial charge is 0.452 e. The molecule has 0 saturated carbocycles. The van der Waals surface area contributed by atoms with Crippen LogP contribution in [0, 0.1) is 10.1 Å². The lowest BCUT2D eigenvalue weighted by molar-refractivity contribution is -0.384. The molecule has 0 aromatic heterocycles. The molecule has 0 saturated heterocycles. The lowest BCUT2D eigenvalue weighted by Gasteiger charge is -2.10. The van der Waals surface area contributed by atoms with Gasteiger partial charge in [0.05, 0.1) is 16.1 Å². The fourth-order valence-electron chi connectivity index (χ4n) is 2.14. The Morgan fingerprint density at radius 2 is 1.77 bits per heavy atom. The number of nitrogens with zero attached hydrogens (tertiary/aromatic N) is 1. The molecule has 7 nitrogen and oxygen atoms in total. The van der Waals surface area contributed by atoms with E-state index in [0.29, 0.717) is 12.1 Å². The van der Waals surface area contributed by atoms with E-state index >= 15 is 0 Å². The summed E-state index contributed by atoms with van der Waals surface area (Å²) in [5.74, 6) is -4.64. The Morgan fingerprint density at radius 1 is 1.13 bits per heavy atom. The number of halogens is 5. The van der Waals surface area contributed by atoms with E-state index in [-0.39, 0.29) is 28.3 Å². The number of hydrogen-bond donors (Lipinski definition) is 1. The van der Waals surface area contributed by atoms with Crippen molar-refractivity contribution in [3.63, 3.8) is 0 Å². The monoisotopic (exact) mass is 450 g/mol. The molecule has 0 spiro atoms. The van der Waals surface area contributed by atoms with Gasteiger partial charge >= 0.3 is 12.1 Å². The van der Waals surface area contributed by atoms with Gasteiger partial charge in [-0.25, -0.2) is 4.79 Å². The number of rotatable bonds is 7. The molecule has 0 radical (unpaired) electrons. The average Bonchev–Trinajstić information content (AvgIpc) is 2.65. The standard InChI is InChI=1S/C17H11F5N2O5S/c18-16(19)30-11-4-1-9(2-5-11)15(26)29-8-14(25)23-12-6-3-10(17(20,21)22)7-13(12)24(27)28/h1-7,16H,8H2,(H,23,25). The van der Waals surface area contributed by atoms with Crippen LogP contribution in [-0.2, 0) is 15.7 Å². The molecule has 160 valence electrons. The maximum Gasteiger partial charge on any atom is 0.416 e. The topological polar surface area (TPSA) is 98.5 Å². The van der Waals surface area contributed by atoms with Gasteiger partial charge in [-0.1, -0.05) is 11.8 Å². The molecule has 2 rings (SSSR count). The number of ether oxygens (including phenoxy) is 1. The summed E-state index contributed by atoms with van der Waals surface area (Å²) in [5, 5.41) is 13.0. The molecule has 0 aliphatic carbocycles. The minimum Gasteiger partial charge on any atom is -0.452 e. The van der Waals surface area contributed by atoms with Gasteiger partial charge in [0.15, 0.2) is 6.61 Å². The number of hydrogen-bond acceptors (Lipinski definition) is 6. The van der Waals surface area contributed by atoms with Crippen molar-refractivity contribution in [1.29, 1.82) is 0 Å². The highest BCUT2D eigenvalue weighted by atomic mass is 32.2. The van der Waals surface area contributed by atoms with Crippen molar-refractivity contribution in [2.45, 2.75) is 16.8 Å². The molecule has 0 aliphatic rings. The molecule has 0 atom stereocenters. The predicted octanol–water partition coefficient (Wildman–Crippen LogP) is 4.72. The maximum atomic E-state index is 12.7. The Balaban J connectivity index is 2.00. The molecule has 0 fully saturated rings. The predicted molar refractivity (Wildman–Crippen MR) is 95.3 cm³/mol. The molecule has 0 unspecified atom stereocenters. The SMILES string of the molecule is O=C(COC(=O)c1ccc(SC(F)F)cc1)Nc1ccc(C(F)(F)F)cc1[N+](=O)[O-]. The van der Waals surface area contributed by atoms with Gasteiger partial charge in [-0.3, -0.25) is 14.9 Å². The van der Waals surface area contributed by atoms with Crippen LogP contribution in [-0.4, -0.2) is 29.2 Å². The van der Waals surface area contributed by atoms with Gasteiger partial charge in [-0.05, 0) is 36.4 Å². The molecule has 0 heterocycles. The molecule has 1 amide bonds. The Morgan fingerprint density at radius 3 is 2.30 bits per heavy atom. The summed E-state index contributed by atoms with van der Waals surface area (Å²) in [5.41, 5.74) is -2.81. The Bertz CT molecular complexity index is 951. The number of alkyl halides is 5. The number of nitro benzene ring substituents is 1. The number of benzene rings is 2. The first-order chi connectivity index (χ1) is 14.0. The lowest BCUT2D eigenvalue weighted by Crippen LogP contribution is -2.21. The van der Waals surface area contributed by atoms with Gasteiger partial charge in [0.2, 0.25) is 0 Å². The van der Waals surface area contributed by atoms with Gasteiger partial charge in [0.25, 0.3) is 17.4 Å². The second-order valence-electron chi connectivity index (χ2n) is 5.51. The zero-order valence-electron chi connectivity index (χ0n) is 14.6. The molecular weight excluding hydrogens is 439 g/mol. The van der Waals surface area contributed by atoms with E-state index in [2.05, 4.69) is 0 Å². The van der Waals surface area contributed by atoms with Crippen LogP contribution in [0.5, 0.6) is 0 Å². The normalized spacial score (nSPS) is 11.3. The van der Waals surface area contributed by atoms with E-state index in [0.717, 1.165) is 0 Å². The highest BCUT2D eigenvalue weighted by Gasteiger charge is 2.33. The molecule has 13 heteroatoms. The van der Waals surface area contributed by atoms with Gasteiger partial charge in [-0.2, -0.15) is 22.0 Å². The van der Waals surface area contributed by atoms with E-state index in [4.69, 9.17) is 4.74 Å². The van der Waals surface area contributed by atoms with Gasteiger partial charge < -0.3 is 10.1 Å². The van der Waals surface area contributed by atoms with E-state index in [1.54, 1.807) is 0 Å². The number of nitro groups is 1. The van der Waals surface area contributed by atoms with Crippen LogP contribution in [0.4, 0.5) is 33.3 Å². The summed E-state index contributed by atoms with van der Waals surface area (Å²) >= 11 is 0.269. The second-order valence-corrected chi connectivity index (χ2v) is 6.58. The number of nitrogens with one attached hydrogen (secondary N) is 1. The third-order valence-corrected chi connectivity index (χ3v) is 4.17. The molecule has 2 aromatic rings. The number of amides is 1. The van der Waals surface area contributed by atoms with Crippen molar-refractivity contribution in [1.82, 2.24) is 0 Å². The van der Waals surface area contributed by atoms with Crippen LogP contribution in [0.3, 0.4) is 0 Å². The Labute approximate surface area is 169 Å². The third kappa shape index (κ3) is 6.40. The van der Waals surface area contributed by atoms with Crippen LogP contribution in [0.15, 0.2) is 47.4 Å². The van der Waals surface area contributed by atoms with Crippen molar-refractivity contribution in [3.8, 4) is 0 Å². The summed E-state index contributed by atoms with van der Waals surface area (Å²) in [4.78, 5) is 33.8. The van der Waals surface area contributed by atoms with Crippen molar-refractivity contribution in [2.24, 2.45) is 0 Å². The highest BCUT2D eigenvalue weighted by Crippen LogP contribution is 2.35. The average molecular weight is 450 g/mol. The molecule has 2 aromatic carbocycles. The van der Waals surface area contributed by atoms with E-state index < -0.39 is 52.3 Å². The van der Waals surface area contributed by atoms with E-state index in [1.165, 1.54) is 24.3 Å². The Kier molecular flexibility index (Phi) is 7.32. The number of carbonyl (C=O) groups is 2. The fourth-order valence-corrected chi connectivity index (χ4v) is 2.64. The summed E-state index contributed by atoms with van der Waals surface area (Å²) in [7, 11) is 0. The number of carbonyl (C=O) groups excluding carboxylic acids is 2. The van der Waals surface area contributed by atoms with Gasteiger partial charge in [0, 0.05) is 11.0 Å². The summed E-state index contributed by atoms with van der Waals surface area (Å²) in [6, 6.07) is 6.42. The third-order valence-electron chi connectivity index (χ3n) is 3.45. The van der Waals surface area contributed by atoms with E-state index in [1.807, 2.05) is 5.32 Å². The Hall–Kier alpha value is -3.22. The smallest absolute Gasteiger partial charge is 0.416 e. The lowest BCUT2D eigenvalue weighted by atomic mass is 10.1. The van der Waals surface area contributed by atoms with Crippen molar-refractivity contribution >= 4 is 35.0 Å². The van der Waals surface area contributed by atoms with Crippen LogP contribution in [0.1, 0.15) is 15.9 Å². The zero-order valence-corrected chi connectivity index (χ0v) is 15.4. The number of anilines is 1. The number of thioether (sulfide) groups is 1. The minimum absolute atomic E-state index is 0.0399. The first-order valence-corrected chi connectivity index (χ1v) is 8.73. The minimum atomic E-state index is -4.81. The van der Waals surface area contributed by atoms with Crippen molar-refractivity contribution < 1.29 is 41.2 Å². The first kappa shape index (κ1) is 23.1. The first-order valence-electron chi connectivity index (χ1n) is 7.85.